The Morgan fingerprint density at radius 3 is 1.29 bits per heavy atom. The van der Waals surface area contributed by atoms with Gasteiger partial charge in [0.05, 0.1) is 11.0 Å². The van der Waals surface area contributed by atoms with Gasteiger partial charge in [0.15, 0.2) is 0 Å². The van der Waals surface area contributed by atoms with Gasteiger partial charge in [0, 0.05) is 16.5 Å². The molecular weight excluding hydrogens is 615 g/mol. The lowest BCUT2D eigenvalue weighted by atomic mass is 9.86. The van der Waals surface area contributed by atoms with Crippen molar-refractivity contribution < 1.29 is 0 Å². The van der Waals surface area contributed by atoms with E-state index >= 15 is 0 Å². The molecule has 1 heterocycles. The summed E-state index contributed by atoms with van der Waals surface area (Å²) >= 11 is 0. The molecule has 0 aliphatic rings. The number of fused-ring (bicyclic) bond motifs is 14. The molecule has 51 heavy (non-hydrogen) atoms. The van der Waals surface area contributed by atoms with Crippen LogP contribution in [0.5, 0.6) is 0 Å². The normalized spacial score (nSPS) is 11.9. The molecule has 0 fully saturated rings. The number of hydrogen-bond acceptors (Lipinski definition) is 0. The van der Waals surface area contributed by atoms with Crippen LogP contribution in [-0.4, -0.2) is 4.57 Å². The molecule has 11 rings (SSSR count). The summed E-state index contributed by atoms with van der Waals surface area (Å²) in [7, 11) is 0. The van der Waals surface area contributed by atoms with Crippen molar-refractivity contribution >= 4 is 75.7 Å². The molecule has 0 amide bonds. The van der Waals surface area contributed by atoms with Crippen molar-refractivity contribution in [3.63, 3.8) is 0 Å². The summed E-state index contributed by atoms with van der Waals surface area (Å²) in [5.41, 5.74) is 8.54. The summed E-state index contributed by atoms with van der Waals surface area (Å²) in [5, 5.41) is 15.5. The quantitative estimate of drug-likeness (QED) is 0.169. The van der Waals surface area contributed by atoms with E-state index in [2.05, 4.69) is 193 Å². The van der Waals surface area contributed by atoms with Crippen molar-refractivity contribution in [3.05, 3.63) is 188 Å². The fourth-order valence-electron chi connectivity index (χ4n) is 8.67. The standard InChI is InChI=1S/C50H31N/c1-3-13-32(14-4-1)34-23-26-42-44(29-34)37-17-7-9-20-40(37)50-43-27-25-36(31-45(43)38-18-8-10-21-41(38)49(42)50)51-47-22-12-11-19-39(47)46-30-35(24-28-48(46)51)33-15-5-2-6-16-33/h1-31H. The first-order chi connectivity index (χ1) is 25.3. The van der Waals surface area contributed by atoms with E-state index in [9.17, 15) is 0 Å². The van der Waals surface area contributed by atoms with Gasteiger partial charge in [-0.1, -0.05) is 152 Å². The number of hydrogen-bond donors (Lipinski definition) is 0. The van der Waals surface area contributed by atoms with Crippen molar-refractivity contribution in [2.45, 2.75) is 0 Å². The lowest BCUT2D eigenvalue weighted by Crippen LogP contribution is -1.95. The first-order valence-electron chi connectivity index (χ1n) is 17.7. The Labute approximate surface area is 295 Å². The van der Waals surface area contributed by atoms with Gasteiger partial charge in [-0.15, -0.1) is 0 Å². The van der Waals surface area contributed by atoms with Crippen LogP contribution in [0.15, 0.2) is 188 Å². The molecule has 11 aromatic rings. The smallest absolute Gasteiger partial charge is 0.0541 e. The topological polar surface area (TPSA) is 4.93 Å². The van der Waals surface area contributed by atoms with Gasteiger partial charge in [-0.25, -0.2) is 0 Å². The van der Waals surface area contributed by atoms with Crippen LogP contribution in [0.4, 0.5) is 0 Å². The zero-order valence-electron chi connectivity index (χ0n) is 27.8. The Balaban J connectivity index is 1.23. The highest BCUT2D eigenvalue weighted by atomic mass is 15.0. The lowest BCUT2D eigenvalue weighted by molar-refractivity contribution is 1.19. The van der Waals surface area contributed by atoms with Gasteiger partial charge in [0.2, 0.25) is 0 Å². The first-order valence-corrected chi connectivity index (χ1v) is 17.7. The van der Waals surface area contributed by atoms with Crippen LogP contribution in [0.25, 0.3) is 104 Å². The molecule has 0 unspecified atom stereocenters. The Kier molecular flexibility index (Phi) is 6.02. The molecule has 0 saturated carbocycles. The van der Waals surface area contributed by atoms with Gasteiger partial charge in [-0.3, -0.25) is 0 Å². The zero-order valence-corrected chi connectivity index (χ0v) is 27.8. The predicted octanol–water partition coefficient (Wildman–Crippen LogP) is 13.9. The van der Waals surface area contributed by atoms with Gasteiger partial charge in [0.25, 0.3) is 0 Å². The van der Waals surface area contributed by atoms with Gasteiger partial charge in [-0.2, -0.15) is 0 Å². The van der Waals surface area contributed by atoms with Crippen molar-refractivity contribution in [3.8, 4) is 27.9 Å². The number of benzene rings is 10. The molecule has 0 aliphatic heterocycles. The van der Waals surface area contributed by atoms with Gasteiger partial charge in [-0.05, 0) is 113 Å². The second-order valence-electron chi connectivity index (χ2n) is 13.6. The van der Waals surface area contributed by atoms with E-state index in [0.717, 1.165) is 0 Å². The number of aromatic nitrogens is 1. The number of rotatable bonds is 3. The molecule has 0 atom stereocenters. The summed E-state index contributed by atoms with van der Waals surface area (Å²) in [6.07, 6.45) is 0. The maximum Gasteiger partial charge on any atom is 0.0541 e. The summed E-state index contributed by atoms with van der Waals surface area (Å²) in [4.78, 5) is 0. The summed E-state index contributed by atoms with van der Waals surface area (Å²) in [6.45, 7) is 0. The van der Waals surface area contributed by atoms with E-state index in [1.807, 2.05) is 0 Å². The van der Waals surface area contributed by atoms with Gasteiger partial charge < -0.3 is 4.57 Å². The summed E-state index contributed by atoms with van der Waals surface area (Å²) in [6, 6.07) is 69.2. The van der Waals surface area contributed by atoms with Crippen LogP contribution in [0.2, 0.25) is 0 Å². The lowest BCUT2D eigenvalue weighted by Gasteiger charge is -2.18. The summed E-state index contributed by atoms with van der Waals surface area (Å²) in [5.74, 6) is 0. The molecular formula is C50H31N. The van der Waals surface area contributed by atoms with Crippen molar-refractivity contribution in [1.82, 2.24) is 4.57 Å². The molecule has 1 nitrogen and oxygen atoms in total. The van der Waals surface area contributed by atoms with Gasteiger partial charge in [0.1, 0.15) is 0 Å². The van der Waals surface area contributed by atoms with Crippen LogP contribution >= 0.6 is 0 Å². The highest BCUT2D eigenvalue weighted by Gasteiger charge is 2.19. The highest BCUT2D eigenvalue weighted by Crippen LogP contribution is 2.45. The predicted molar refractivity (Wildman–Crippen MR) is 219 cm³/mol. The minimum absolute atomic E-state index is 1.17. The SMILES string of the molecule is c1ccc(-c2ccc3c(c2)c2ccccc2c2c4ccc(-n5c6ccccc6c6cc(-c7ccccc7)ccc65)cc4c4ccccc4c32)cc1. The average Bonchev–Trinajstić information content (AvgIpc) is 3.54. The molecule has 1 heteroatoms. The van der Waals surface area contributed by atoms with E-state index in [1.165, 1.54) is 104 Å². The highest BCUT2D eigenvalue weighted by molar-refractivity contribution is 6.39. The first kappa shape index (κ1) is 28.2. The van der Waals surface area contributed by atoms with E-state index in [0.29, 0.717) is 0 Å². The summed E-state index contributed by atoms with van der Waals surface area (Å²) < 4.78 is 2.45. The van der Waals surface area contributed by atoms with E-state index in [1.54, 1.807) is 0 Å². The number of para-hydroxylation sites is 1. The third kappa shape index (κ3) is 4.16. The maximum absolute atomic E-state index is 2.45. The molecule has 0 radical (unpaired) electrons. The third-order valence-corrected chi connectivity index (χ3v) is 10.9. The molecule has 0 saturated heterocycles. The Bertz CT molecular complexity index is 3170. The van der Waals surface area contributed by atoms with Crippen molar-refractivity contribution in [2.75, 3.05) is 0 Å². The fraction of sp³-hybridized carbons (Fsp3) is 0. The molecule has 0 spiro atoms. The Morgan fingerprint density at radius 1 is 0.235 bits per heavy atom. The number of nitrogens with zero attached hydrogens (tertiary/aromatic N) is 1. The van der Waals surface area contributed by atoms with E-state index in [-0.39, 0.29) is 0 Å². The van der Waals surface area contributed by atoms with E-state index in [4.69, 9.17) is 0 Å². The van der Waals surface area contributed by atoms with E-state index < -0.39 is 0 Å². The van der Waals surface area contributed by atoms with Crippen LogP contribution in [0.1, 0.15) is 0 Å². The second-order valence-corrected chi connectivity index (χ2v) is 13.6. The Morgan fingerprint density at radius 2 is 0.667 bits per heavy atom. The van der Waals surface area contributed by atoms with Crippen molar-refractivity contribution in [2.24, 2.45) is 0 Å². The minimum Gasteiger partial charge on any atom is -0.309 e. The maximum atomic E-state index is 2.45. The van der Waals surface area contributed by atoms with Crippen LogP contribution < -0.4 is 0 Å². The molecule has 1 aromatic heterocycles. The van der Waals surface area contributed by atoms with Crippen LogP contribution in [-0.2, 0) is 0 Å². The van der Waals surface area contributed by atoms with Gasteiger partial charge >= 0.3 is 0 Å². The largest absolute Gasteiger partial charge is 0.309 e. The average molecular weight is 646 g/mol. The molecule has 236 valence electrons. The molecule has 0 N–H and O–H groups in total. The Hall–Kier alpha value is -6.70. The zero-order chi connectivity index (χ0) is 33.5. The molecule has 0 bridgehead atoms. The second kappa shape index (κ2) is 10.9. The monoisotopic (exact) mass is 645 g/mol. The van der Waals surface area contributed by atoms with Crippen LogP contribution in [0.3, 0.4) is 0 Å². The fourth-order valence-corrected chi connectivity index (χ4v) is 8.67. The van der Waals surface area contributed by atoms with Crippen LogP contribution in [0, 0.1) is 0 Å². The molecule has 10 aromatic carbocycles. The molecule has 0 aliphatic carbocycles. The minimum atomic E-state index is 1.17. The van der Waals surface area contributed by atoms with Crippen molar-refractivity contribution in [1.29, 1.82) is 0 Å². The third-order valence-electron chi connectivity index (χ3n) is 10.9.